The zero-order chi connectivity index (χ0) is 8.27. The average molecular weight is 154 g/mol. The van der Waals surface area contributed by atoms with Crippen LogP contribution in [0.4, 0.5) is 0 Å². The molecule has 0 aromatic rings. The second-order valence-electron chi connectivity index (χ2n) is 3.47. The quantitative estimate of drug-likeness (QED) is 0.553. The molecular formula is C9H18N2. The molecule has 0 aromatic heterocycles. The standard InChI is InChI=1S/C9H18N2/c1-7(2)8(3)9-4-10-6-11-5-9/h7,10-11H,4-6H2,1-3H3. The molecule has 2 heteroatoms. The number of allylic oxidation sites excluding steroid dienone is 1. The van der Waals surface area contributed by atoms with Crippen molar-refractivity contribution >= 4 is 0 Å². The molecule has 1 heterocycles. The second kappa shape index (κ2) is 3.88. The van der Waals surface area contributed by atoms with Gasteiger partial charge in [0.05, 0.1) is 0 Å². The fraction of sp³-hybridized carbons (Fsp3) is 0.778. The van der Waals surface area contributed by atoms with E-state index in [4.69, 9.17) is 0 Å². The summed E-state index contributed by atoms with van der Waals surface area (Å²) in [6.45, 7) is 9.81. The molecule has 0 aliphatic carbocycles. The Labute approximate surface area is 69.1 Å². The maximum Gasteiger partial charge on any atom is 0.0459 e. The van der Waals surface area contributed by atoms with Gasteiger partial charge < -0.3 is 10.6 Å². The Hall–Kier alpha value is -0.340. The van der Waals surface area contributed by atoms with Crippen molar-refractivity contribution in [1.29, 1.82) is 0 Å². The van der Waals surface area contributed by atoms with Crippen LogP contribution in [0.2, 0.25) is 0 Å². The molecule has 1 aliphatic heterocycles. The van der Waals surface area contributed by atoms with Gasteiger partial charge in [0.1, 0.15) is 0 Å². The lowest BCUT2D eigenvalue weighted by Crippen LogP contribution is -2.39. The Kier molecular flexibility index (Phi) is 3.09. The maximum absolute atomic E-state index is 3.30. The topological polar surface area (TPSA) is 24.1 Å². The molecule has 0 amide bonds. The van der Waals surface area contributed by atoms with Gasteiger partial charge in [0.25, 0.3) is 0 Å². The van der Waals surface area contributed by atoms with Crippen LogP contribution in [0.5, 0.6) is 0 Å². The van der Waals surface area contributed by atoms with Crippen molar-refractivity contribution in [1.82, 2.24) is 10.6 Å². The molecule has 64 valence electrons. The lowest BCUT2D eigenvalue weighted by atomic mass is 9.98. The number of rotatable bonds is 1. The molecule has 1 rings (SSSR count). The summed E-state index contributed by atoms with van der Waals surface area (Å²) >= 11 is 0. The molecule has 0 spiro atoms. The van der Waals surface area contributed by atoms with E-state index >= 15 is 0 Å². The van der Waals surface area contributed by atoms with E-state index in [2.05, 4.69) is 31.4 Å². The van der Waals surface area contributed by atoms with Crippen LogP contribution in [0.1, 0.15) is 20.8 Å². The van der Waals surface area contributed by atoms with Gasteiger partial charge in [0.2, 0.25) is 0 Å². The van der Waals surface area contributed by atoms with Crippen LogP contribution in [0, 0.1) is 5.92 Å². The van der Waals surface area contributed by atoms with E-state index in [1.54, 1.807) is 0 Å². The van der Waals surface area contributed by atoms with Gasteiger partial charge in [-0.1, -0.05) is 19.4 Å². The summed E-state index contributed by atoms with van der Waals surface area (Å²) in [5.74, 6) is 0.687. The van der Waals surface area contributed by atoms with E-state index in [1.165, 1.54) is 11.1 Å². The van der Waals surface area contributed by atoms with E-state index in [1.807, 2.05) is 0 Å². The molecule has 0 saturated carbocycles. The Balaban J connectivity index is 2.60. The van der Waals surface area contributed by atoms with Gasteiger partial charge >= 0.3 is 0 Å². The first-order valence-electron chi connectivity index (χ1n) is 4.31. The average Bonchev–Trinajstić information content (AvgIpc) is 2.05. The smallest absolute Gasteiger partial charge is 0.0459 e. The minimum Gasteiger partial charge on any atom is -0.301 e. The highest BCUT2D eigenvalue weighted by atomic mass is 15.1. The molecule has 2 N–H and O–H groups in total. The SMILES string of the molecule is CC(=C1CNCNC1)C(C)C. The third-order valence-corrected chi connectivity index (χ3v) is 2.35. The summed E-state index contributed by atoms with van der Waals surface area (Å²) in [4.78, 5) is 0. The number of hydrogen-bond donors (Lipinski definition) is 2. The normalized spacial score (nSPS) is 19.1. The first-order valence-corrected chi connectivity index (χ1v) is 4.31. The predicted molar refractivity (Wildman–Crippen MR) is 48.4 cm³/mol. The first kappa shape index (κ1) is 8.75. The zero-order valence-electron chi connectivity index (χ0n) is 7.70. The largest absolute Gasteiger partial charge is 0.301 e. The van der Waals surface area contributed by atoms with Gasteiger partial charge in [-0.25, -0.2) is 0 Å². The molecule has 2 nitrogen and oxygen atoms in total. The van der Waals surface area contributed by atoms with Crippen LogP contribution in [-0.4, -0.2) is 19.8 Å². The molecule has 0 radical (unpaired) electrons. The van der Waals surface area contributed by atoms with Crippen LogP contribution in [0.3, 0.4) is 0 Å². The van der Waals surface area contributed by atoms with E-state index in [9.17, 15) is 0 Å². The predicted octanol–water partition coefficient (Wildman–Crippen LogP) is 1.11. The first-order chi connectivity index (χ1) is 5.22. The third-order valence-electron chi connectivity index (χ3n) is 2.35. The van der Waals surface area contributed by atoms with Gasteiger partial charge in [-0.15, -0.1) is 0 Å². The van der Waals surface area contributed by atoms with Gasteiger partial charge in [0, 0.05) is 19.8 Å². The lowest BCUT2D eigenvalue weighted by molar-refractivity contribution is 0.557. The highest BCUT2D eigenvalue weighted by Gasteiger charge is 2.08. The minimum atomic E-state index is 0.687. The fourth-order valence-electron chi connectivity index (χ4n) is 1.26. The molecule has 11 heavy (non-hydrogen) atoms. The summed E-state index contributed by atoms with van der Waals surface area (Å²) in [5.41, 5.74) is 3.07. The number of hydrogen-bond acceptors (Lipinski definition) is 2. The van der Waals surface area contributed by atoms with Crippen LogP contribution >= 0.6 is 0 Å². The van der Waals surface area contributed by atoms with E-state index < -0.39 is 0 Å². The summed E-state index contributed by atoms with van der Waals surface area (Å²) in [7, 11) is 0. The van der Waals surface area contributed by atoms with Crippen molar-refractivity contribution in [3.8, 4) is 0 Å². The molecular weight excluding hydrogens is 136 g/mol. The fourth-order valence-corrected chi connectivity index (χ4v) is 1.26. The Morgan fingerprint density at radius 2 is 1.82 bits per heavy atom. The van der Waals surface area contributed by atoms with E-state index in [-0.39, 0.29) is 0 Å². The second-order valence-corrected chi connectivity index (χ2v) is 3.47. The molecule has 0 unspecified atom stereocenters. The van der Waals surface area contributed by atoms with Gasteiger partial charge in [0.15, 0.2) is 0 Å². The van der Waals surface area contributed by atoms with Crippen molar-refractivity contribution in [2.24, 2.45) is 5.92 Å². The van der Waals surface area contributed by atoms with E-state index in [0.29, 0.717) is 5.92 Å². The Morgan fingerprint density at radius 1 is 1.27 bits per heavy atom. The van der Waals surface area contributed by atoms with Gasteiger partial charge in [-0.3, -0.25) is 0 Å². The van der Waals surface area contributed by atoms with Crippen molar-refractivity contribution in [2.75, 3.05) is 19.8 Å². The van der Waals surface area contributed by atoms with Crippen LogP contribution in [-0.2, 0) is 0 Å². The van der Waals surface area contributed by atoms with E-state index in [0.717, 1.165) is 19.8 Å². The molecule has 1 saturated heterocycles. The lowest BCUT2D eigenvalue weighted by Gasteiger charge is -2.21. The zero-order valence-corrected chi connectivity index (χ0v) is 7.70. The molecule has 0 aromatic carbocycles. The summed E-state index contributed by atoms with van der Waals surface area (Å²) in [6.07, 6.45) is 0. The van der Waals surface area contributed by atoms with Gasteiger partial charge in [-0.2, -0.15) is 0 Å². The third kappa shape index (κ3) is 2.31. The van der Waals surface area contributed by atoms with Crippen LogP contribution in [0.15, 0.2) is 11.1 Å². The number of nitrogens with one attached hydrogen (secondary N) is 2. The van der Waals surface area contributed by atoms with Crippen molar-refractivity contribution in [2.45, 2.75) is 20.8 Å². The Morgan fingerprint density at radius 3 is 2.27 bits per heavy atom. The monoisotopic (exact) mass is 154 g/mol. The van der Waals surface area contributed by atoms with Gasteiger partial charge in [-0.05, 0) is 18.4 Å². The molecule has 0 atom stereocenters. The van der Waals surface area contributed by atoms with Crippen LogP contribution < -0.4 is 10.6 Å². The minimum absolute atomic E-state index is 0.687. The highest BCUT2D eigenvalue weighted by Crippen LogP contribution is 2.13. The summed E-state index contributed by atoms with van der Waals surface area (Å²) in [5, 5.41) is 6.60. The maximum atomic E-state index is 3.30. The van der Waals surface area contributed by atoms with Crippen molar-refractivity contribution in [3.05, 3.63) is 11.1 Å². The summed E-state index contributed by atoms with van der Waals surface area (Å²) < 4.78 is 0. The van der Waals surface area contributed by atoms with Crippen LogP contribution in [0.25, 0.3) is 0 Å². The molecule has 1 fully saturated rings. The molecule has 1 aliphatic rings. The Bertz CT molecular complexity index is 151. The van der Waals surface area contributed by atoms with Crippen molar-refractivity contribution in [3.63, 3.8) is 0 Å². The van der Waals surface area contributed by atoms with Crippen molar-refractivity contribution < 1.29 is 0 Å². The summed E-state index contributed by atoms with van der Waals surface area (Å²) in [6, 6.07) is 0. The molecule has 0 bridgehead atoms. The highest BCUT2D eigenvalue weighted by molar-refractivity contribution is 5.18.